The summed E-state index contributed by atoms with van der Waals surface area (Å²) < 4.78 is 32.8. The fourth-order valence-electron chi connectivity index (χ4n) is 3.65. The average Bonchev–Trinajstić information content (AvgIpc) is 3.35. The molecule has 0 saturated carbocycles. The van der Waals surface area contributed by atoms with E-state index in [-0.39, 0.29) is 29.5 Å². The van der Waals surface area contributed by atoms with Gasteiger partial charge < -0.3 is 9.64 Å². The first-order valence-electron chi connectivity index (χ1n) is 9.81. The van der Waals surface area contributed by atoms with Crippen LogP contribution in [0.2, 0.25) is 0 Å². The molecule has 0 radical (unpaired) electrons. The van der Waals surface area contributed by atoms with Crippen LogP contribution in [-0.4, -0.2) is 73.9 Å². The molecule has 2 saturated heterocycles. The smallest absolute Gasteiger partial charge is 0.243 e. The molecule has 1 aromatic rings. The minimum Gasteiger partial charge on any atom is -0.376 e. The van der Waals surface area contributed by atoms with Crippen LogP contribution in [0.5, 0.6) is 0 Å². The number of rotatable bonds is 7. The zero-order valence-electron chi connectivity index (χ0n) is 16.9. The maximum atomic E-state index is 13.1. The highest BCUT2D eigenvalue weighted by Gasteiger charge is 2.33. The monoisotopic (exact) mass is 426 g/mol. The topological polar surface area (TPSA) is 66.9 Å². The Balaban J connectivity index is 1.72. The minimum absolute atomic E-state index is 0.0659. The summed E-state index contributed by atoms with van der Waals surface area (Å²) >= 11 is 1.84. The van der Waals surface area contributed by atoms with Gasteiger partial charge in [0.2, 0.25) is 15.9 Å². The maximum absolute atomic E-state index is 13.1. The number of ether oxygens (including phenoxy) is 1. The Hall–Kier alpha value is -1.09. The molecule has 1 aromatic carbocycles. The normalized spacial score (nSPS) is 22.7. The highest BCUT2D eigenvalue weighted by atomic mass is 32.2. The number of carbonyl (C=O) groups is 1. The summed E-state index contributed by atoms with van der Waals surface area (Å²) in [5, 5.41) is 0. The number of sulfonamides is 1. The summed E-state index contributed by atoms with van der Waals surface area (Å²) in [5.74, 6) is 1.81. The van der Waals surface area contributed by atoms with E-state index in [9.17, 15) is 13.2 Å². The zero-order valence-corrected chi connectivity index (χ0v) is 18.5. The first kappa shape index (κ1) is 21.6. The van der Waals surface area contributed by atoms with E-state index in [0.717, 1.165) is 48.5 Å². The standard InChI is InChI=1S/C20H30N2O4S2/c1-15-6-7-19(11-16(15)2)28(24,25)21(3)13-20(23)22(17-8-10-27-14-17)12-18-5-4-9-26-18/h6-7,11,17-18H,4-5,8-10,12-14H2,1-3H3. The zero-order chi connectivity index (χ0) is 20.3. The first-order chi connectivity index (χ1) is 13.3. The van der Waals surface area contributed by atoms with Crippen molar-refractivity contribution in [2.45, 2.75) is 50.2 Å². The summed E-state index contributed by atoms with van der Waals surface area (Å²) in [6.45, 7) is 4.99. The average molecular weight is 427 g/mol. The van der Waals surface area contributed by atoms with Crippen molar-refractivity contribution >= 4 is 27.7 Å². The maximum Gasteiger partial charge on any atom is 0.243 e. The molecule has 2 aliphatic heterocycles. The second-order valence-electron chi connectivity index (χ2n) is 7.71. The Bertz CT molecular complexity index is 800. The minimum atomic E-state index is -3.71. The highest BCUT2D eigenvalue weighted by Crippen LogP contribution is 2.25. The third-order valence-corrected chi connectivity index (χ3v) is 8.58. The van der Waals surface area contributed by atoms with Gasteiger partial charge in [-0.05, 0) is 62.1 Å². The van der Waals surface area contributed by atoms with Crippen molar-refractivity contribution in [2.75, 3.05) is 38.2 Å². The molecule has 3 rings (SSSR count). The van der Waals surface area contributed by atoms with Crippen LogP contribution in [0.1, 0.15) is 30.4 Å². The van der Waals surface area contributed by atoms with E-state index in [1.165, 1.54) is 11.4 Å². The molecule has 0 N–H and O–H groups in total. The number of amides is 1. The lowest BCUT2D eigenvalue weighted by Crippen LogP contribution is -2.49. The lowest BCUT2D eigenvalue weighted by molar-refractivity contribution is -0.134. The molecule has 0 aromatic heterocycles. The summed E-state index contributed by atoms with van der Waals surface area (Å²) in [6.07, 6.45) is 3.00. The molecular formula is C20H30N2O4S2. The summed E-state index contributed by atoms with van der Waals surface area (Å²) in [4.78, 5) is 15.2. The van der Waals surface area contributed by atoms with E-state index in [2.05, 4.69) is 0 Å². The van der Waals surface area contributed by atoms with Gasteiger partial charge in [0.25, 0.3) is 0 Å². The van der Waals surface area contributed by atoms with Gasteiger partial charge in [-0.1, -0.05) is 6.07 Å². The van der Waals surface area contributed by atoms with Gasteiger partial charge >= 0.3 is 0 Å². The SMILES string of the molecule is Cc1ccc(S(=O)(=O)N(C)CC(=O)N(CC2CCCO2)C2CCSC2)cc1C. The van der Waals surface area contributed by atoms with Crippen molar-refractivity contribution in [1.82, 2.24) is 9.21 Å². The molecule has 0 bridgehead atoms. The molecule has 0 aliphatic carbocycles. The fraction of sp³-hybridized carbons (Fsp3) is 0.650. The Morgan fingerprint density at radius 3 is 2.64 bits per heavy atom. The number of hydrogen-bond acceptors (Lipinski definition) is 5. The number of aryl methyl sites for hydroxylation is 2. The van der Waals surface area contributed by atoms with Crippen LogP contribution >= 0.6 is 11.8 Å². The van der Waals surface area contributed by atoms with Gasteiger partial charge in [0, 0.05) is 32.0 Å². The predicted molar refractivity (Wildman–Crippen MR) is 112 cm³/mol. The molecule has 2 aliphatic rings. The van der Waals surface area contributed by atoms with E-state index >= 15 is 0 Å². The lowest BCUT2D eigenvalue weighted by atomic mass is 10.1. The van der Waals surface area contributed by atoms with Crippen LogP contribution < -0.4 is 0 Å². The number of likely N-dealkylation sites (N-methyl/N-ethyl adjacent to an activating group) is 1. The molecule has 8 heteroatoms. The van der Waals surface area contributed by atoms with Crippen LogP contribution in [0.15, 0.2) is 23.1 Å². The lowest BCUT2D eigenvalue weighted by Gasteiger charge is -2.32. The van der Waals surface area contributed by atoms with Crippen molar-refractivity contribution < 1.29 is 17.9 Å². The molecule has 156 valence electrons. The van der Waals surface area contributed by atoms with Crippen LogP contribution in [0.25, 0.3) is 0 Å². The Morgan fingerprint density at radius 1 is 1.25 bits per heavy atom. The Kier molecular flexibility index (Phi) is 7.07. The molecule has 2 unspecified atom stereocenters. The number of benzene rings is 1. The molecular weight excluding hydrogens is 396 g/mol. The Labute approximate surface area is 172 Å². The van der Waals surface area contributed by atoms with Gasteiger partial charge in [-0.3, -0.25) is 4.79 Å². The van der Waals surface area contributed by atoms with E-state index in [0.29, 0.717) is 6.54 Å². The first-order valence-corrected chi connectivity index (χ1v) is 12.4. The van der Waals surface area contributed by atoms with Crippen molar-refractivity contribution in [2.24, 2.45) is 0 Å². The van der Waals surface area contributed by atoms with Crippen LogP contribution in [0.4, 0.5) is 0 Å². The summed E-state index contributed by atoms with van der Waals surface area (Å²) in [5.41, 5.74) is 1.96. The second kappa shape index (κ2) is 9.15. The Morgan fingerprint density at radius 2 is 2.04 bits per heavy atom. The molecule has 6 nitrogen and oxygen atoms in total. The van der Waals surface area contributed by atoms with Crippen molar-refractivity contribution in [3.8, 4) is 0 Å². The predicted octanol–water partition coefficient (Wildman–Crippen LogP) is 2.44. The number of nitrogens with zero attached hydrogens (tertiary/aromatic N) is 2. The van der Waals surface area contributed by atoms with Crippen LogP contribution in [-0.2, 0) is 19.6 Å². The molecule has 1 amide bonds. The molecule has 2 atom stereocenters. The molecule has 28 heavy (non-hydrogen) atoms. The number of hydrogen-bond donors (Lipinski definition) is 0. The van der Waals surface area contributed by atoms with Gasteiger partial charge in [0.15, 0.2) is 0 Å². The number of carbonyl (C=O) groups excluding carboxylic acids is 1. The molecule has 0 spiro atoms. The summed E-state index contributed by atoms with van der Waals surface area (Å²) in [6, 6.07) is 5.25. The van der Waals surface area contributed by atoms with Crippen LogP contribution in [0, 0.1) is 13.8 Å². The third-order valence-electron chi connectivity index (χ3n) is 5.64. The van der Waals surface area contributed by atoms with E-state index in [1.807, 2.05) is 30.5 Å². The van der Waals surface area contributed by atoms with Gasteiger partial charge in [0.1, 0.15) is 0 Å². The van der Waals surface area contributed by atoms with Gasteiger partial charge in [0.05, 0.1) is 17.5 Å². The second-order valence-corrected chi connectivity index (χ2v) is 10.9. The van der Waals surface area contributed by atoms with Crippen molar-refractivity contribution in [3.05, 3.63) is 29.3 Å². The molecule has 2 heterocycles. The van der Waals surface area contributed by atoms with Gasteiger partial charge in [-0.15, -0.1) is 0 Å². The summed E-state index contributed by atoms with van der Waals surface area (Å²) in [7, 11) is -2.23. The number of thioether (sulfide) groups is 1. The molecule has 2 fully saturated rings. The fourth-order valence-corrected chi connectivity index (χ4v) is 6.08. The van der Waals surface area contributed by atoms with Crippen molar-refractivity contribution in [1.29, 1.82) is 0 Å². The van der Waals surface area contributed by atoms with Crippen molar-refractivity contribution in [3.63, 3.8) is 0 Å². The third kappa shape index (κ3) is 4.90. The quantitative estimate of drug-likeness (QED) is 0.670. The van der Waals surface area contributed by atoms with E-state index < -0.39 is 10.0 Å². The largest absolute Gasteiger partial charge is 0.376 e. The van der Waals surface area contributed by atoms with Gasteiger partial charge in [-0.2, -0.15) is 16.1 Å². The van der Waals surface area contributed by atoms with E-state index in [4.69, 9.17) is 4.74 Å². The highest BCUT2D eigenvalue weighted by molar-refractivity contribution is 7.99. The van der Waals surface area contributed by atoms with E-state index in [1.54, 1.807) is 18.2 Å². The van der Waals surface area contributed by atoms with Gasteiger partial charge in [-0.25, -0.2) is 8.42 Å². The van der Waals surface area contributed by atoms with Crippen LogP contribution in [0.3, 0.4) is 0 Å².